The van der Waals surface area contributed by atoms with E-state index in [1.807, 2.05) is 4.90 Å². The van der Waals surface area contributed by atoms with Crippen LogP contribution in [0.15, 0.2) is 0 Å². The van der Waals surface area contributed by atoms with Crippen molar-refractivity contribution in [1.29, 1.82) is 0 Å². The Hall–Kier alpha value is -0.570. The summed E-state index contributed by atoms with van der Waals surface area (Å²) < 4.78 is 0. The molecule has 2 aliphatic carbocycles. The highest BCUT2D eigenvalue weighted by Gasteiger charge is 2.33. The van der Waals surface area contributed by atoms with Crippen LogP contribution >= 0.6 is 0 Å². The fourth-order valence-electron chi connectivity index (χ4n) is 2.55. The van der Waals surface area contributed by atoms with Gasteiger partial charge in [-0.1, -0.05) is 13.3 Å². The van der Waals surface area contributed by atoms with Gasteiger partial charge in [0.2, 0.25) is 5.91 Å². The highest BCUT2D eigenvalue weighted by Crippen LogP contribution is 2.39. The SMILES string of the molecule is CCN(C(=O)CNCC1(C)CCC1)C1CC1. The van der Waals surface area contributed by atoms with E-state index < -0.39 is 0 Å². The molecule has 0 bridgehead atoms. The topological polar surface area (TPSA) is 32.3 Å². The minimum atomic E-state index is 0.285. The van der Waals surface area contributed by atoms with E-state index in [2.05, 4.69) is 19.2 Å². The third-order valence-corrected chi connectivity index (χ3v) is 4.04. The van der Waals surface area contributed by atoms with Crippen LogP contribution in [0.25, 0.3) is 0 Å². The van der Waals surface area contributed by atoms with Gasteiger partial charge in [-0.2, -0.15) is 0 Å². The first-order valence-electron chi connectivity index (χ1n) is 6.65. The van der Waals surface area contributed by atoms with Crippen molar-refractivity contribution in [2.24, 2.45) is 5.41 Å². The summed E-state index contributed by atoms with van der Waals surface area (Å²) in [5.74, 6) is 0.285. The summed E-state index contributed by atoms with van der Waals surface area (Å²) in [4.78, 5) is 13.9. The molecule has 0 heterocycles. The lowest BCUT2D eigenvalue weighted by molar-refractivity contribution is -0.130. The summed E-state index contributed by atoms with van der Waals surface area (Å²) in [7, 11) is 0. The summed E-state index contributed by atoms with van der Waals surface area (Å²) in [5, 5.41) is 3.33. The Morgan fingerprint density at radius 3 is 2.56 bits per heavy atom. The number of carbonyl (C=O) groups is 1. The quantitative estimate of drug-likeness (QED) is 0.746. The molecule has 2 aliphatic rings. The standard InChI is InChI=1S/C13H24N2O/c1-3-15(11-5-6-11)12(16)9-14-10-13(2)7-4-8-13/h11,14H,3-10H2,1-2H3. The van der Waals surface area contributed by atoms with Crippen LogP contribution in [-0.4, -0.2) is 36.5 Å². The zero-order valence-corrected chi connectivity index (χ0v) is 10.6. The van der Waals surface area contributed by atoms with Crippen LogP contribution < -0.4 is 5.32 Å². The van der Waals surface area contributed by atoms with Gasteiger partial charge in [-0.05, 0) is 38.0 Å². The van der Waals surface area contributed by atoms with Crippen LogP contribution in [0.5, 0.6) is 0 Å². The fraction of sp³-hybridized carbons (Fsp3) is 0.923. The molecule has 0 aliphatic heterocycles. The van der Waals surface area contributed by atoms with Crippen LogP contribution in [0.2, 0.25) is 0 Å². The Kier molecular flexibility index (Phi) is 3.53. The molecule has 1 amide bonds. The Balaban J connectivity index is 1.66. The van der Waals surface area contributed by atoms with E-state index in [4.69, 9.17) is 0 Å². The maximum atomic E-state index is 11.9. The first kappa shape index (κ1) is 11.9. The van der Waals surface area contributed by atoms with Crippen molar-refractivity contribution >= 4 is 5.91 Å². The lowest BCUT2D eigenvalue weighted by Crippen LogP contribution is -2.44. The molecule has 0 aromatic carbocycles. The molecule has 0 saturated heterocycles. The average Bonchev–Trinajstić information content (AvgIpc) is 3.00. The van der Waals surface area contributed by atoms with Crippen molar-refractivity contribution in [3.05, 3.63) is 0 Å². The molecule has 2 saturated carbocycles. The molecule has 92 valence electrons. The van der Waals surface area contributed by atoms with Crippen LogP contribution in [-0.2, 0) is 4.79 Å². The molecule has 0 atom stereocenters. The second-order valence-electron chi connectivity index (χ2n) is 5.68. The summed E-state index contributed by atoms with van der Waals surface area (Å²) >= 11 is 0. The van der Waals surface area contributed by atoms with E-state index in [0.717, 1.165) is 13.1 Å². The van der Waals surface area contributed by atoms with Crippen molar-refractivity contribution in [2.45, 2.75) is 52.0 Å². The van der Waals surface area contributed by atoms with Crippen molar-refractivity contribution < 1.29 is 4.79 Å². The molecule has 0 aromatic heterocycles. The Morgan fingerprint density at radius 1 is 1.44 bits per heavy atom. The second kappa shape index (κ2) is 4.74. The van der Waals surface area contributed by atoms with Crippen LogP contribution in [0.3, 0.4) is 0 Å². The van der Waals surface area contributed by atoms with Gasteiger partial charge in [0.15, 0.2) is 0 Å². The molecule has 0 radical (unpaired) electrons. The maximum Gasteiger partial charge on any atom is 0.236 e. The van der Waals surface area contributed by atoms with Crippen LogP contribution in [0, 0.1) is 5.41 Å². The summed E-state index contributed by atoms with van der Waals surface area (Å²) in [6.45, 7) is 6.78. The van der Waals surface area contributed by atoms with Gasteiger partial charge in [-0.15, -0.1) is 0 Å². The van der Waals surface area contributed by atoms with E-state index in [1.165, 1.54) is 32.1 Å². The molecule has 3 nitrogen and oxygen atoms in total. The Bertz CT molecular complexity index is 257. The van der Waals surface area contributed by atoms with Gasteiger partial charge in [0, 0.05) is 19.1 Å². The van der Waals surface area contributed by atoms with E-state index in [-0.39, 0.29) is 5.91 Å². The number of likely N-dealkylation sites (N-methyl/N-ethyl adjacent to an activating group) is 1. The highest BCUT2D eigenvalue weighted by atomic mass is 16.2. The van der Waals surface area contributed by atoms with Crippen molar-refractivity contribution in [2.75, 3.05) is 19.6 Å². The Morgan fingerprint density at radius 2 is 2.12 bits per heavy atom. The molecular formula is C13H24N2O. The number of nitrogens with one attached hydrogen (secondary N) is 1. The summed E-state index contributed by atoms with van der Waals surface area (Å²) in [5.41, 5.74) is 0.469. The van der Waals surface area contributed by atoms with Crippen molar-refractivity contribution in [3.8, 4) is 0 Å². The zero-order valence-electron chi connectivity index (χ0n) is 10.6. The number of amides is 1. The predicted molar refractivity (Wildman–Crippen MR) is 65.2 cm³/mol. The predicted octanol–water partition coefficient (Wildman–Crippen LogP) is 1.78. The second-order valence-corrected chi connectivity index (χ2v) is 5.68. The van der Waals surface area contributed by atoms with Gasteiger partial charge in [0.05, 0.1) is 6.54 Å². The van der Waals surface area contributed by atoms with Gasteiger partial charge in [-0.25, -0.2) is 0 Å². The molecule has 0 spiro atoms. The number of hydrogen-bond acceptors (Lipinski definition) is 2. The fourth-order valence-corrected chi connectivity index (χ4v) is 2.55. The smallest absolute Gasteiger partial charge is 0.236 e. The molecule has 2 fully saturated rings. The van der Waals surface area contributed by atoms with Crippen LogP contribution in [0.1, 0.15) is 46.0 Å². The van der Waals surface area contributed by atoms with E-state index in [0.29, 0.717) is 18.0 Å². The monoisotopic (exact) mass is 224 g/mol. The van der Waals surface area contributed by atoms with E-state index in [9.17, 15) is 4.79 Å². The summed E-state index contributed by atoms with van der Waals surface area (Å²) in [6, 6.07) is 0.554. The molecule has 3 heteroatoms. The van der Waals surface area contributed by atoms with E-state index >= 15 is 0 Å². The zero-order chi connectivity index (χ0) is 11.6. The first-order valence-corrected chi connectivity index (χ1v) is 6.65. The lowest BCUT2D eigenvalue weighted by Gasteiger charge is -2.38. The maximum absolute atomic E-state index is 11.9. The van der Waals surface area contributed by atoms with Gasteiger partial charge in [0.25, 0.3) is 0 Å². The van der Waals surface area contributed by atoms with Crippen molar-refractivity contribution in [3.63, 3.8) is 0 Å². The Labute approximate surface area is 98.6 Å². The van der Waals surface area contributed by atoms with Crippen molar-refractivity contribution in [1.82, 2.24) is 10.2 Å². The molecule has 0 unspecified atom stereocenters. The number of rotatable bonds is 6. The molecule has 0 aromatic rings. The molecule has 16 heavy (non-hydrogen) atoms. The number of nitrogens with zero attached hydrogens (tertiary/aromatic N) is 1. The minimum absolute atomic E-state index is 0.285. The molecule has 1 N–H and O–H groups in total. The number of hydrogen-bond donors (Lipinski definition) is 1. The third kappa shape index (κ3) is 2.76. The summed E-state index contributed by atoms with van der Waals surface area (Å²) in [6.07, 6.45) is 6.40. The first-order chi connectivity index (χ1) is 7.64. The van der Waals surface area contributed by atoms with E-state index in [1.54, 1.807) is 0 Å². The minimum Gasteiger partial charge on any atom is -0.339 e. The largest absolute Gasteiger partial charge is 0.339 e. The molecule has 2 rings (SSSR count). The third-order valence-electron chi connectivity index (χ3n) is 4.04. The normalized spacial score (nSPS) is 22.6. The van der Waals surface area contributed by atoms with Crippen LogP contribution in [0.4, 0.5) is 0 Å². The van der Waals surface area contributed by atoms with Gasteiger partial charge < -0.3 is 10.2 Å². The van der Waals surface area contributed by atoms with Gasteiger partial charge >= 0.3 is 0 Å². The molecular weight excluding hydrogens is 200 g/mol. The van der Waals surface area contributed by atoms with Gasteiger partial charge in [-0.3, -0.25) is 4.79 Å². The van der Waals surface area contributed by atoms with Gasteiger partial charge in [0.1, 0.15) is 0 Å². The lowest BCUT2D eigenvalue weighted by atomic mass is 9.70. The highest BCUT2D eigenvalue weighted by molar-refractivity contribution is 5.78. The number of carbonyl (C=O) groups excluding carboxylic acids is 1. The average molecular weight is 224 g/mol.